The van der Waals surface area contributed by atoms with E-state index in [4.69, 9.17) is 17.3 Å². The van der Waals surface area contributed by atoms with Gasteiger partial charge in [-0.3, -0.25) is 0 Å². The molecule has 12 heavy (non-hydrogen) atoms. The quantitative estimate of drug-likeness (QED) is 0.662. The molecule has 0 saturated carbocycles. The zero-order valence-corrected chi connectivity index (χ0v) is 8.04. The SMILES string of the molecule is Cc1nc2ccc(N)c(Cl)c2s1. The molecule has 0 radical (unpaired) electrons. The number of rotatable bonds is 0. The van der Waals surface area contributed by atoms with Crippen LogP contribution in [0.15, 0.2) is 12.1 Å². The lowest BCUT2D eigenvalue weighted by Crippen LogP contribution is -1.84. The van der Waals surface area contributed by atoms with Crippen molar-refractivity contribution in [3.63, 3.8) is 0 Å². The monoisotopic (exact) mass is 198 g/mol. The third-order valence-corrected chi connectivity index (χ3v) is 3.16. The Morgan fingerprint density at radius 1 is 1.50 bits per heavy atom. The van der Waals surface area contributed by atoms with Crippen LogP contribution >= 0.6 is 22.9 Å². The number of aryl methyl sites for hydroxylation is 1. The van der Waals surface area contributed by atoms with Crippen molar-refractivity contribution in [3.8, 4) is 0 Å². The van der Waals surface area contributed by atoms with E-state index in [9.17, 15) is 0 Å². The molecule has 2 rings (SSSR count). The number of aromatic nitrogens is 1. The second kappa shape index (κ2) is 2.61. The van der Waals surface area contributed by atoms with Gasteiger partial charge in [-0.25, -0.2) is 4.98 Å². The molecule has 0 spiro atoms. The Labute approximate surface area is 79.0 Å². The maximum Gasteiger partial charge on any atom is 0.0908 e. The summed E-state index contributed by atoms with van der Waals surface area (Å²) in [5.41, 5.74) is 7.19. The lowest BCUT2D eigenvalue weighted by Gasteiger charge is -1.95. The first-order chi connectivity index (χ1) is 5.68. The molecule has 0 saturated heterocycles. The van der Waals surface area contributed by atoms with E-state index < -0.39 is 0 Å². The van der Waals surface area contributed by atoms with Crippen LogP contribution < -0.4 is 5.73 Å². The van der Waals surface area contributed by atoms with Gasteiger partial charge in [-0.1, -0.05) is 11.6 Å². The average molecular weight is 199 g/mol. The van der Waals surface area contributed by atoms with Crippen molar-refractivity contribution in [3.05, 3.63) is 22.2 Å². The number of benzene rings is 1. The number of anilines is 1. The maximum absolute atomic E-state index is 5.98. The normalized spacial score (nSPS) is 10.8. The van der Waals surface area contributed by atoms with Crippen LogP contribution in [0.4, 0.5) is 5.69 Å². The van der Waals surface area contributed by atoms with E-state index in [2.05, 4.69) is 4.98 Å². The summed E-state index contributed by atoms with van der Waals surface area (Å²) in [4.78, 5) is 4.29. The second-order valence-electron chi connectivity index (χ2n) is 2.55. The van der Waals surface area contributed by atoms with Crippen LogP contribution in [0.2, 0.25) is 5.02 Å². The minimum Gasteiger partial charge on any atom is -0.397 e. The van der Waals surface area contributed by atoms with E-state index in [1.807, 2.05) is 13.0 Å². The van der Waals surface area contributed by atoms with Crippen LogP contribution in [0, 0.1) is 6.92 Å². The summed E-state index contributed by atoms with van der Waals surface area (Å²) in [5, 5.41) is 1.63. The average Bonchev–Trinajstić information content (AvgIpc) is 2.39. The molecular formula is C8H7ClN2S. The van der Waals surface area contributed by atoms with Gasteiger partial charge in [0.05, 0.1) is 25.9 Å². The molecule has 0 aliphatic rings. The van der Waals surface area contributed by atoms with E-state index in [0.29, 0.717) is 10.7 Å². The highest BCUT2D eigenvalue weighted by molar-refractivity contribution is 7.19. The lowest BCUT2D eigenvalue weighted by atomic mass is 10.3. The van der Waals surface area contributed by atoms with Gasteiger partial charge in [0, 0.05) is 0 Å². The number of hydrogen-bond acceptors (Lipinski definition) is 3. The van der Waals surface area contributed by atoms with Gasteiger partial charge in [0.25, 0.3) is 0 Å². The van der Waals surface area contributed by atoms with Crippen molar-refractivity contribution in [2.75, 3.05) is 5.73 Å². The molecule has 4 heteroatoms. The van der Waals surface area contributed by atoms with E-state index in [0.717, 1.165) is 15.2 Å². The van der Waals surface area contributed by atoms with Crippen LogP contribution in [-0.4, -0.2) is 4.98 Å². The van der Waals surface area contributed by atoms with Gasteiger partial charge in [-0.2, -0.15) is 0 Å². The van der Waals surface area contributed by atoms with Crippen LogP contribution in [0.25, 0.3) is 10.2 Å². The van der Waals surface area contributed by atoms with Crippen molar-refractivity contribution in [1.29, 1.82) is 0 Å². The summed E-state index contributed by atoms with van der Waals surface area (Å²) in [6, 6.07) is 3.67. The number of nitrogen functional groups attached to an aromatic ring is 1. The van der Waals surface area contributed by atoms with Crippen molar-refractivity contribution in [2.45, 2.75) is 6.92 Å². The summed E-state index contributed by atoms with van der Waals surface area (Å²) in [5.74, 6) is 0. The van der Waals surface area contributed by atoms with Gasteiger partial charge >= 0.3 is 0 Å². The van der Waals surface area contributed by atoms with Gasteiger partial charge in [0.2, 0.25) is 0 Å². The van der Waals surface area contributed by atoms with Crippen molar-refractivity contribution < 1.29 is 0 Å². The summed E-state index contributed by atoms with van der Waals surface area (Å²) in [6.07, 6.45) is 0. The van der Waals surface area contributed by atoms with Gasteiger partial charge in [-0.15, -0.1) is 11.3 Å². The summed E-state index contributed by atoms with van der Waals surface area (Å²) >= 11 is 7.55. The summed E-state index contributed by atoms with van der Waals surface area (Å²) in [7, 11) is 0. The number of nitrogens with two attached hydrogens (primary N) is 1. The first-order valence-electron chi connectivity index (χ1n) is 3.49. The first-order valence-corrected chi connectivity index (χ1v) is 4.69. The standard InChI is InChI=1S/C8H7ClN2S/c1-4-11-6-3-2-5(10)7(9)8(6)12-4/h2-3H,10H2,1H3. The molecule has 0 bridgehead atoms. The second-order valence-corrected chi connectivity index (χ2v) is 4.13. The third kappa shape index (κ3) is 1.06. The van der Waals surface area contributed by atoms with Gasteiger partial charge in [0.1, 0.15) is 0 Å². The molecule has 0 unspecified atom stereocenters. The molecule has 0 aliphatic carbocycles. The first kappa shape index (κ1) is 7.83. The highest BCUT2D eigenvalue weighted by atomic mass is 35.5. The molecule has 1 heterocycles. The predicted molar refractivity (Wildman–Crippen MR) is 53.8 cm³/mol. The van der Waals surface area contributed by atoms with Crippen LogP contribution in [0.5, 0.6) is 0 Å². The molecule has 0 aliphatic heterocycles. The van der Waals surface area contributed by atoms with Crippen LogP contribution in [0.3, 0.4) is 0 Å². The summed E-state index contributed by atoms with van der Waals surface area (Å²) < 4.78 is 0.981. The van der Waals surface area contributed by atoms with E-state index in [1.165, 1.54) is 0 Å². The number of thiazole rings is 1. The van der Waals surface area contributed by atoms with E-state index >= 15 is 0 Å². The zero-order chi connectivity index (χ0) is 8.72. The molecule has 2 aromatic rings. The Hall–Kier alpha value is -0.800. The van der Waals surface area contributed by atoms with Gasteiger partial charge in [-0.05, 0) is 19.1 Å². The number of hydrogen-bond donors (Lipinski definition) is 1. The molecule has 0 atom stereocenters. The topological polar surface area (TPSA) is 38.9 Å². The molecule has 2 nitrogen and oxygen atoms in total. The highest BCUT2D eigenvalue weighted by Gasteiger charge is 2.06. The minimum atomic E-state index is 0.618. The molecule has 62 valence electrons. The molecule has 2 N–H and O–H groups in total. The molecule has 1 aromatic carbocycles. The van der Waals surface area contributed by atoms with E-state index in [1.54, 1.807) is 17.4 Å². The molecule has 1 aromatic heterocycles. The van der Waals surface area contributed by atoms with Crippen molar-refractivity contribution in [1.82, 2.24) is 4.98 Å². The molecule has 0 fully saturated rings. The van der Waals surface area contributed by atoms with E-state index in [-0.39, 0.29) is 0 Å². The third-order valence-electron chi connectivity index (χ3n) is 1.63. The van der Waals surface area contributed by atoms with Crippen molar-refractivity contribution in [2.24, 2.45) is 0 Å². The Balaban J connectivity index is 2.89. The lowest BCUT2D eigenvalue weighted by molar-refractivity contribution is 1.35. The maximum atomic E-state index is 5.98. The Morgan fingerprint density at radius 2 is 2.25 bits per heavy atom. The smallest absolute Gasteiger partial charge is 0.0908 e. The fourth-order valence-electron chi connectivity index (χ4n) is 1.09. The van der Waals surface area contributed by atoms with Crippen LogP contribution in [-0.2, 0) is 0 Å². The zero-order valence-electron chi connectivity index (χ0n) is 6.47. The minimum absolute atomic E-state index is 0.618. The number of fused-ring (bicyclic) bond motifs is 1. The summed E-state index contributed by atoms with van der Waals surface area (Å²) in [6.45, 7) is 1.96. The van der Waals surface area contributed by atoms with Crippen molar-refractivity contribution >= 4 is 38.8 Å². The Morgan fingerprint density at radius 3 is 3.00 bits per heavy atom. The largest absolute Gasteiger partial charge is 0.397 e. The Kier molecular flexibility index (Phi) is 1.70. The van der Waals surface area contributed by atoms with Gasteiger partial charge in [0.15, 0.2) is 0 Å². The molecular weight excluding hydrogens is 192 g/mol. The number of halogens is 1. The fraction of sp³-hybridized carbons (Fsp3) is 0.125. The Bertz CT molecular complexity index is 436. The fourth-order valence-corrected chi connectivity index (χ4v) is 2.23. The molecule has 0 amide bonds. The van der Waals surface area contributed by atoms with Gasteiger partial charge < -0.3 is 5.73 Å². The highest BCUT2D eigenvalue weighted by Crippen LogP contribution is 2.32. The van der Waals surface area contributed by atoms with Crippen LogP contribution in [0.1, 0.15) is 5.01 Å². The predicted octanol–water partition coefficient (Wildman–Crippen LogP) is 2.84. The number of nitrogens with zero attached hydrogens (tertiary/aromatic N) is 1.